The number of rotatable bonds is 3. The number of hydrogen-bond donors (Lipinski definition) is 1. The molecule has 2 nitrogen and oxygen atoms in total. The van der Waals surface area contributed by atoms with Crippen LogP contribution in [0.2, 0.25) is 0 Å². The molecule has 1 spiro atoms. The number of aliphatic hydroxyl groups is 1. The van der Waals surface area contributed by atoms with Gasteiger partial charge in [-0.2, -0.15) is 0 Å². The van der Waals surface area contributed by atoms with Crippen molar-refractivity contribution < 1.29 is 5.11 Å². The molecule has 0 unspecified atom stereocenters. The van der Waals surface area contributed by atoms with Gasteiger partial charge in [0.15, 0.2) is 0 Å². The Balaban J connectivity index is 1.59. The molecule has 2 atom stereocenters. The van der Waals surface area contributed by atoms with Crippen molar-refractivity contribution in [2.24, 2.45) is 11.3 Å². The molecule has 1 saturated carbocycles. The highest BCUT2D eigenvalue weighted by atomic mass is 16.3. The molecule has 86 valence electrons. The summed E-state index contributed by atoms with van der Waals surface area (Å²) < 4.78 is 0. The Bertz CT molecular complexity index is 364. The van der Waals surface area contributed by atoms with Crippen LogP contribution >= 0.6 is 0 Å². The third kappa shape index (κ3) is 1.76. The summed E-state index contributed by atoms with van der Waals surface area (Å²) in [6.07, 6.45) is 2.53. The molecule has 2 fully saturated rings. The van der Waals surface area contributed by atoms with E-state index in [2.05, 4.69) is 35.2 Å². The molecular weight excluding hydrogens is 198 g/mol. The molecule has 1 saturated heterocycles. The highest BCUT2D eigenvalue weighted by Crippen LogP contribution is 2.58. The van der Waals surface area contributed by atoms with Gasteiger partial charge < -0.3 is 5.11 Å². The third-order valence-corrected chi connectivity index (χ3v) is 4.29. The van der Waals surface area contributed by atoms with E-state index in [1.807, 2.05) is 0 Å². The summed E-state index contributed by atoms with van der Waals surface area (Å²) in [5.41, 5.74) is 1.89. The maximum absolute atomic E-state index is 9.19. The molecule has 16 heavy (non-hydrogen) atoms. The van der Waals surface area contributed by atoms with Crippen molar-refractivity contribution in [3.05, 3.63) is 35.9 Å². The Hall–Kier alpha value is -0.860. The molecule has 0 radical (unpaired) electrons. The minimum absolute atomic E-state index is 0.388. The van der Waals surface area contributed by atoms with E-state index in [1.165, 1.54) is 31.5 Å². The Morgan fingerprint density at radius 2 is 2.12 bits per heavy atom. The van der Waals surface area contributed by atoms with E-state index in [0.717, 1.165) is 6.54 Å². The Labute approximate surface area is 96.9 Å². The molecule has 0 aromatic heterocycles. The van der Waals surface area contributed by atoms with Gasteiger partial charge in [-0.05, 0) is 36.3 Å². The Morgan fingerprint density at radius 1 is 1.31 bits per heavy atom. The molecule has 0 amide bonds. The van der Waals surface area contributed by atoms with Gasteiger partial charge in [0.2, 0.25) is 0 Å². The van der Waals surface area contributed by atoms with Gasteiger partial charge in [0.05, 0.1) is 0 Å². The summed E-state index contributed by atoms with van der Waals surface area (Å²) in [5.74, 6) is 0.591. The number of aliphatic hydroxyl groups excluding tert-OH is 1. The standard InChI is InChI=1S/C14H19NO/c16-10-13-8-14(13)6-7-15(11-14)9-12-4-2-1-3-5-12/h1-5,13,16H,6-11H2/t13-,14-/m1/s1. The predicted octanol–water partition coefficient (Wildman–Crippen LogP) is 1.89. The van der Waals surface area contributed by atoms with Crippen molar-refractivity contribution in [3.63, 3.8) is 0 Å². The van der Waals surface area contributed by atoms with Gasteiger partial charge >= 0.3 is 0 Å². The van der Waals surface area contributed by atoms with Crippen LogP contribution in [0, 0.1) is 11.3 Å². The fourth-order valence-electron chi connectivity index (χ4n) is 3.15. The fourth-order valence-corrected chi connectivity index (χ4v) is 3.15. The van der Waals surface area contributed by atoms with E-state index < -0.39 is 0 Å². The van der Waals surface area contributed by atoms with Crippen LogP contribution in [0.1, 0.15) is 18.4 Å². The number of nitrogens with zero attached hydrogens (tertiary/aromatic N) is 1. The van der Waals surface area contributed by atoms with Gasteiger partial charge in [0.25, 0.3) is 0 Å². The number of likely N-dealkylation sites (tertiary alicyclic amines) is 1. The van der Waals surface area contributed by atoms with Crippen LogP contribution in [0.5, 0.6) is 0 Å². The highest BCUT2D eigenvalue weighted by Gasteiger charge is 2.56. The first-order chi connectivity index (χ1) is 7.82. The maximum atomic E-state index is 9.19. The van der Waals surface area contributed by atoms with Crippen LogP contribution in [-0.4, -0.2) is 29.7 Å². The second-order valence-electron chi connectivity index (χ2n) is 5.39. The van der Waals surface area contributed by atoms with Crippen LogP contribution in [0.3, 0.4) is 0 Å². The predicted molar refractivity (Wildman–Crippen MR) is 64.0 cm³/mol. The van der Waals surface area contributed by atoms with Crippen molar-refractivity contribution in [2.45, 2.75) is 19.4 Å². The molecule has 2 aliphatic rings. The molecule has 1 aliphatic heterocycles. The van der Waals surface area contributed by atoms with Crippen molar-refractivity contribution in [2.75, 3.05) is 19.7 Å². The van der Waals surface area contributed by atoms with E-state index in [9.17, 15) is 5.11 Å². The zero-order valence-corrected chi connectivity index (χ0v) is 9.60. The average molecular weight is 217 g/mol. The van der Waals surface area contributed by atoms with Gasteiger partial charge in [0, 0.05) is 19.7 Å². The van der Waals surface area contributed by atoms with Gasteiger partial charge in [-0.25, -0.2) is 0 Å². The lowest BCUT2D eigenvalue weighted by molar-refractivity contribution is 0.242. The van der Waals surface area contributed by atoms with Crippen molar-refractivity contribution in [1.29, 1.82) is 0 Å². The average Bonchev–Trinajstić information content (AvgIpc) is 2.85. The summed E-state index contributed by atoms with van der Waals surface area (Å²) in [4.78, 5) is 2.53. The normalized spacial score (nSPS) is 33.4. The summed E-state index contributed by atoms with van der Waals surface area (Å²) in [6, 6.07) is 10.7. The summed E-state index contributed by atoms with van der Waals surface area (Å²) in [7, 11) is 0. The van der Waals surface area contributed by atoms with E-state index >= 15 is 0 Å². The Kier molecular flexibility index (Phi) is 2.49. The minimum atomic E-state index is 0.388. The van der Waals surface area contributed by atoms with Gasteiger partial charge in [-0.3, -0.25) is 4.90 Å². The lowest BCUT2D eigenvalue weighted by Crippen LogP contribution is -2.21. The first-order valence-electron chi connectivity index (χ1n) is 6.19. The summed E-state index contributed by atoms with van der Waals surface area (Å²) in [5, 5.41) is 9.19. The lowest BCUT2D eigenvalue weighted by Gasteiger charge is -2.16. The van der Waals surface area contributed by atoms with Crippen molar-refractivity contribution in [1.82, 2.24) is 4.90 Å². The molecular formula is C14H19NO. The van der Waals surface area contributed by atoms with Gasteiger partial charge in [0.1, 0.15) is 0 Å². The first-order valence-corrected chi connectivity index (χ1v) is 6.19. The SMILES string of the molecule is OC[C@H]1C[C@@]12CCN(Cc1ccccc1)C2. The molecule has 1 aromatic rings. The number of hydrogen-bond acceptors (Lipinski definition) is 2. The summed E-state index contributed by atoms with van der Waals surface area (Å²) >= 11 is 0. The minimum Gasteiger partial charge on any atom is -0.396 e. The Morgan fingerprint density at radius 3 is 2.81 bits per heavy atom. The van der Waals surface area contributed by atoms with Gasteiger partial charge in [-0.1, -0.05) is 30.3 Å². The molecule has 3 rings (SSSR count). The van der Waals surface area contributed by atoms with Crippen LogP contribution in [0.4, 0.5) is 0 Å². The maximum Gasteiger partial charge on any atom is 0.0465 e. The van der Waals surface area contributed by atoms with Crippen molar-refractivity contribution in [3.8, 4) is 0 Å². The lowest BCUT2D eigenvalue weighted by atomic mass is 10.0. The quantitative estimate of drug-likeness (QED) is 0.835. The monoisotopic (exact) mass is 217 g/mol. The fraction of sp³-hybridized carbons (Fsp3) is 0.571. The van der Waals surface area contributed by atoms with E-state index in [1.54, 1.807) is 0 Å². The van der Waals surface area contributed by atoms with E-state index in [4.69, 9.17) is 0 Å². The third-order valence-electron chi connectivity index (χ3n) is 4.29. The molecule has 0 bridgehead atoms. The summed E-state index contributed by atoms with van der Waals surface area (Å²) in [6.45, 7) is 3.85. The smallest absolute Gasteiger partial charge is 0.0465 e. The first kappa shape index (κ1) is 10.3. The van der Waals surface area contributed by atoms with Crippen molar-refractivity contribution >= 4 is 0 Å². The molecule has 1 N–H and O–H groups in total. The molecule has 2 heteroatoms. The highest BCUT2D eigenvalue weighted by molar-refractivity contribution is 5.16. The van der Waals surface area contributed by atoms with Gasteiger partial charge in [-0.15, -0.1) is 0 Å². The topological polar surface area (TPSA) is 23.5 Å². The second kappa shape index (κ2) is 3.86. The van der Waals surface area contributed by atoms with E-state index in [0.29, 0.717) is 17.9 Å². The zero-order valence-electron chi connectivity index (χ0n) is 9.60. The van der Waals surface area contributed by atoms with E-state index in [-0.39, 0.29) is 0 Å². The zero-order chi connectivity index (χ0) is 11.0. The molecule has 1 aliphatic carbocycles. The largest absolute Gasteiger partial charge is 0.396 e. The van der Waals surface area contributed by atoms with Crippen LogP contribution < -0.4 is 0 Å². The molecule has 1 heterocycles. The van der Waals surface area contributed by atoms with Crippen LogP contribution in [-0.2, 0) is 6.54 Å². The second-order valence-corrected chi connectivity index (χ2v) is 5.39. The van der Waals surface area contributed by atoms with Crippen LogP contribution in [0.25, 0.3) is 0 Å². The molecule has 1 aromatic carbocycles. The van der Waals surface area contributed by atoms with Crippen LogP contribution in [0.15, 0.2) is 30.3 Å². The number of benzene rings is 1.